The van der Waals surface area contributed by atoms with E-state index in [0.29, 0.717) is 12.0 Å². The van der Waals surface area contributed by atoms with Gasteiger partial charge in [-0.05, 0) is 31.9 Å². The molecule has 1 N–H and O–H groups in total. The molecule has 2 aliphatic rings. The number of carbonyl (C=O) groups is 1. The van der Waals surface area contributed by atoms with Gasteiger partial charge in [-0.25, -0.2) is 0 Å². The van der Waals surface area contributed by atoms with Gasteiger partial charge in [0.2, 0.25) is 5.91 Å². The molecule has 0 radical (unpaired) electrons. The van der Waals surface area contributed by atoms with Crippen LogP contribution in [0.1, 0.15) is 44.2 Å². The van der Waals surface area contributed by atoms with Crippen LogP contribution in [-0.2, 0) is 4.79 Å². The topological polar surface area (TPSA) is 45.2 Å². The van der Waals surface area contributed by atoms with Crippen LogP contribution in [0.3, 0.4) is 0 Å². The van der Waals surface area contributed by atoms with Gasteiger partial charge in [-0.2, -0.15) is 0 Å². The normalized spacial score (nSPS) is 22.4. The van der Waals surface area contributed by atoms with Crippen molar-refractivity contribution in [3.63, 3.8) is 0 Å². The maximum Gasteiger partial charge on any atom is 0.237 e. The Bertz CT molecular complexity index is 450. The quantitative estimate of drug-likeness (QED) is 0.911. The molecule has 1 aromatic heterocycles. The average Bonchev–Trinajstić information content (AvgIpc) is 2.91. The summed E-state index contributed by atoms with van der Waals surface area (Å²) in [5, 5.41) is 3.19. The summed E-state index contributed by atoms with van der Waals surface area (Å²) in [6, 6.07) is 6.44. The smallest absolute Gasteiger partial charge is 0.237 e. The summed E-state index contributed by atoms with van der Waals surface area (Å²) >= 11 is 0. The van der Waals surface area contributed by atoms with Crippen LogP contribution in [0.2, 0.25) is 0 Å². The van der Waals surface area contributed by atoms with E-state index < -0.39 is 0 Å². The van der Waals surface area contributed by atoms with Crippen LogP contribution in [0.25, 0.3) is 0 Å². The monoisotopic (exact) mass is 273 g/mol. The van der Waals surface area contributed by atoms with Crippen LogP contribution in [0, 0.1) is 0 Å². The van der Waals surface area contributed by atoms with Crippen molar-refractivity contribution < 1.29 is 4.79 Å². The second-order valence-electron chi connectivity index (χ2n) is 6.07. The van der Waals surface area contributed by atoms with E-state index in [1.54, 1.807) is 0 Å². The van der Waals surface area contributed by atoms with E-state index in [1.165, 1.54) is 12.8 Å². The first-order chi connectivity index (χ1) is 9.74. The number of nitrogens with zero attached hydrogens (tertiary/aromatic N) is 2. The highest BCUT2D eigenvalue weighted by Crippen LogP contribution is 2.27. The van der Waals surface area contributed by atoms with Crippen LogP contribution in [0.5, 0.6) is 0 Å². The Balaban J connectivity index is 1.47. The zero-order valence-corrected chi connectivity index (χ0v) is 12.1. The number of hydrogen-bond acceptors (Lipinski definition) is 3. The van der Waals surface area contributed by atoms with Crippen LogP contribution < -0.4 is 5.32 Å². The number of amides is 1. The molecule has 0 aromatic carbocycles. The van der Waals surface area contributed by atoms with Crippen molar-refractivity contribution in [2.75, 3.05) is 13.1 Å². The molecular weight excluding hydrogens is 250 g/mol. The summed E-state index contributed by atoms with van der Waals surface area (Å²) < 4.78 is 0. The zero-order valence-electron chi connectivity index (χ0n) is 12.1. The highest BCUT2D eigenvalue weighted by molar-refractivity contribution is 5.81. The summed E-state index contributed by atoms with van der Waals surface area (Å²) in [6.07, 6.45) is 6.65. The zero-order chi connectivity index (χ0) is 13.9. The molecule has 1 saturated carbocycles. The van der Waals surface area contributed by atoms with Crippen molar-refractivity contribution in [3.8, 4) is 0 Å². The number of likely N-dealkylation sites (tertiary alicyclic amines) is 1. The molecule has 108 valence electrons. The van der Waals surface area contributed by atoms with Gasteiger partial charge in [-0.15, -0.1) is 0 Å². The van der Waals surface area contributed by atoms with Crippen LogP contribution in [0.4, 0.5) is 0 Å². The minimum absolute atomic E-state index is 0.0180. The van der Waals surface area contributed by atoms with Gasteiger partial charge in [-0.1, -0.05) is 18.9 Å². The molecule has 2 heterocycles. The molecule has 2 fully saturated rings. The summed E-state index contributed by atoms with van der Waals surface area (Å²) in [5.74, 6) is 0.675. The molecule has 0 bridgehead atoms. The molecule has 1 amide bonds. The first kappa shape index (κ1) is 13.6. The standard InChI is InChI=1S/C16H23N3O/c1-12(16(20)18-14-6-2-3-7-14)19-10-13(11-19)15-8-4-5-9-17-15/h4-5,8-9,12-14H,2-3,6-7,10-11H2,1H3,(H,18,20). The Morgan fingerprint density at radius 2 is 2.10 bits per heavy atom. The Labute approximate surface area is 120 Å². The van der Waals surface area contributed by atoms with Crippen molar-refractivity contribution in [2.24, 2.45) is 0 Å². The van der Waals surface area contributed by atoms with Crippen molar-refractivity contribution in [3.05, 3.63) is 30.1 Å². The number of aromatic nitrogens is 1. The Kier molecular flexibility index (Phi) is 4.01. The lowest BCUT2D eigenvalue weighted by Gasteiger charge is -2.42. The van der Waals surface area contributed by atoms with Gasteiger partial charge in [0.15, 0.2) is 0 Å². The third kappa shape index (κ3) is 2.85. The maximum atomic E-state index is 12.2. The van der Waals surface area contributed by atoms with Gasteiger partial charge < -0.3 is 5.32 Å². The molecule has 1 atom stereocenters. The van der Waals surface area contributed by atoms with Gasteiger partial charge >= 0.3 is 0 Å². The van der Waals surface area contributed by atoms with Gasteiger partial charge in [0.25, 0.3) is 0 Å². The fourth-order valence-corrected chi connectivity index (χ4v) is 3.19. The van der Waals surface area contributed by atoms with E-state index in [-0.39, 0.29) is 11.9 Å². The molecule has 4 nitrogen and oxygen atoms in total. The van der Waals surface area contributed by atoms with Gasteiger partial charge in [-0.3, -0.25) is 14.7 Å². The molecule has 1 unspecified atom stereocenters. The summed E-state index contributed by atoms with van der Waals surface area (Å²) in [6.45, 7) is 3.89. The van der Waals surface area contributed by atoms with Gasteiger partial charge in [0.05, 0.1) is 6.04 Å². The lowest BCUT2D eigenvalue weighted by Crippen LogP contribution is -2.56. The van der Waals surface area contributed by atoms with Crippen molar-refractivity contribution in [1.82, 2.24) is 15.2 Å². The van der Waals surface area contributed by atoms with E-state index in [0.717, 1.165) is 31.6 Å². The van der Waals surface area contributed by atoms with Crippen molar-refractivity contribution >= 4 is 5.91 Å². The van der Waals surface area contributed by atoms with E-state index in [2.05, 4.69) is 21.3 Å². The highest BCUT2D eigenvalue weighted by atomic mass is 16.2. The average molecular weight is 273 g/mol. The molecule has 0 spiro atoms. The minimum Gasteiger partial charge on any atom is -0.352 e. The molecular formula is C16H23N3O. The number of pyridine rings is 1. The lowest BCUT2D eigenvalue weighted by atomic mass is 9.94. The summed E-state index contributed by atoms with van der Waals surface area (Å²) in [7, 11) is 0. The second-order valence-corrected chi connectivity index (χ2v) is 6.07. The van der Waals surface area contributed by atoms with E-state index >= 15 is 0 Å². The first-order valence-electron chi connectivity index (χ1n) is 7.69. The van der Waals surface area contributed by atoms with Crippen LogP contribution in [-0.4, -0.2) is 41.0 Å². The maximum absolute atomic E-state index is 12.2. The minimum atomic E-state index is -0.0180. The Morgan fingerprint density at radius 1 is 1.35 bits per heavy atom. The van der Waals surface area contributed by atoms with Crippen molar-refractivity contribution in [1.29, 1.82) is 0 Å². The SMILES string of the molecule is CC(C(=O)NC1CCCC1)N1CC(c2ccccn2)C1. The summed E-state index contributed by atoms with van der Waals surface area (Å²) in [4.78, 5) is 18.8. The lowest BCUT2D eigenvalue weighted by molar-refractivity contribution is -0.128. The molecule has 1 aliphatic heterocycles. The summed E-state index contributed by atoms with van der Waals surface area (Å²) in [5.41, 5.74) is 1.15. The molecule has 4 heteroatoms. The molecule has 1 saturated heterocycles. The Morgan fingerprint density at radius 3 is 2.75 bits per heavy atom. The van der Waals surface area contributed by atoms with E-state index in [9.17, 15) is 4.79 Å². The molecule has 3 rings (SSSR count). The fourth-order valence-electron chi connectivity index (χ4n) is 3.19. The highest BCUT2D eigenvalue weighted by Gasteiger charge is 2.35. The van der Waals surface area contributed by atoms with Crippen LogP contribution >= 0.6 is 0 Å². The predicted molar refractivity (Wildman–Crippen MR) is 78.4 cm³/mol. The second kappa shape index (κ2) is 5.92. The van der Waals surface area contributed by atoms with Gasteiger partial charge in [0.1, 0.15) is 0 Å². The first-order valence-corrected chi connectivity index (χ1v) is 7.69. The van der Waals surface area contributed by atoms with E-state index in [4.69, 9.17) is 0 Å². The number of nitrogens with one attached hydrogen (secondary N) is 1. The number of rotatable bonds is 4. The van der Waals surface area contributed by atoms with Gasteiger partial charge in [0, 0.05) is 36.9 Å². The number of carbonyl (C=O) groups excluding carboxylic acids is 1. The van der Waals surface area contributed by atoms with Crippen LogP contribution in [0.15, 0.2) is 24.4 Å². The third-order valence-electron chi connectivity index (χ3n) is 4.64. The molecule has 1 aromatic rings. The van der Waals surface area contributed by atoms with Crippen molar-refractivity contribution in [2.45, 2.75) is 50.6 Å². The third-order valence-corrected chi connectivity index (χ3v) is 4.64. The molecule has 1 aliphatic carbocycles. The predicted octanol–water partition coefficient (Wildman–Crippen LogP) is 1.93. The van der Waals surface area contributed by atoms with E-state index in [1.807, 2.05) is 25.3 Å². The largest absolute Gasteiger partial charge is 0.352 e. The Hall–Kier alpha value is -1.42. The number of hydrogen-bond donors (Lipinski definition) is 1. The molecule has 20 heavy (non-hydrogen) atoms. The fraction of sp³-hybridized carbons (Fsp3) is 0.625.